The lowest BCUT2D eigenvalue weighted by atomic mass is 9.92. The fourth-order valence-electron chi connectivity index (χ4n) is 2.52. The van der Waals surface area contributed by atoms with E-state index < -0.39 is 10.1 Å². The first-order valence-electron chi connectivity index (χ1n) is 7.95. The maximum absolute atomic E-state index is 12.1. The van der Waals surface area contributed by atoms with E-state index >= 15 is 0 Å². The van der Waals surface area contributed by atoms with E-state index in [2.05, 4.69) is 6.92 Å². The first kappa shape index (κ1) is 20.2. The van der Waals surface area contributed by atoms with Crippen molar-refractivity contribution in [3.05, 3.63) is 5.25 Å². The standard InChI is InChI=1S/C15H26O4S3/c1-2-3-4-7-14(16)11-13(6-5-10-22(17,18)19)15-12-20-8-9-21-15/h13H,2-12H2,1H3/p+1. The molecule has 1 atom stereocenters. The fourth-order valence-corrected chi connectivity index (χ4v) is 5.72. The Hall–Kier alpha value is 0.150. The third kappa shape index (κ3) is 9.33. The lowest BCUT2D eigenvalue weighted by Gasteiger charge is -2.18. The van der Waals surface area contributed by atoms with E-state index in [-0.39, 0.29) is 17.5 Å². The summed E-state index contributed by atoms with van der Waals surface area (Å²) in [4.78, 5) is 12.1. The molecule has 22 heavy (non-hydrogen) atoms. The first-order valence-corrected chi connectivity index (χ1v) is 11.7. The Morgan fingerprint density at radius 2 is 2.05 bits per heavy atom. The van der Waals surface area contributed by atoms with Crippen LogP contribution in [0.25, 0.3) is 0 Å². The predicted octanol–water partition coefficient (Wildman–Crippen LogP) is 3.82. The second-order valence-corrected chi connectivity index (χ2v) is 9.59. The summed E-state index contributed by atoms with van der Waals surface area (Å²) < 4.78 is 30.6. The minimum Gasteiger partial charge on any atom is -0.300 e. The average molecular weight is 368 g/mol. The number of unbranched alkanes of at least 4 members (excludes halogenated alkanes) is 2. The van der Waals surface area contributed by atoms with Crippen molar-refractivity contribution in [2.75, 3.05) is 23.0 Å². The van der Waals surface area contributed by atoms with Crippen LogP contribution in [0.1, 0.15) is 51.9 Å². The molecule has 0 aromatic rings. The highest BCUT2D eigenvalue weighted by molar-refractivity contribution is 8.08. The monoisotopic (exact) mass is 367 g/mol. The summed E-state index contributed by atoms with van der Waals surface area (Å²) in [5.41, 5.74) is 0. The molecule has 4 nitrogen and oxygen atoms in total. The molecule has 0 saturated carbocycles. The van der Waals surface area contributed by atoms with Gasteiger partial charge < -0.3 is 0 Å². The Kier molecular flexibility index (Phi) is 9.95. The second-order valence-electron chi connectivity index (χ2n) is 5.69. The van der Waals surface area contributed by atoms with E-state index in [1.807, 2.05) is 23.5 Å². The van der Waals surface area contributed by atoms with Crippen molar-refractivity contribution in [1.29, 1.82) is 0 Å². The summed E-state index contributed by atoms with van der Waals surface area (Å²) in [5.74, 6) is 3.40. The van der Waals surface area contributed by atoms with Crippen LogP contribution in [0.2, 0.25) is 0 Å². The number of hydrogen-bond donors (Lipinski definition) is 1. The Labute approximate surface area is 143 Å². The van der Waals surface area contributed by atoms with Gasteiger partial charge in [0.15, 0.2) is 5.25 Å². The highest BCUT2D eigenvalue weighted by Crippen LogP contribution is 2.40. The quantitative estimate of drug-likeness (QED) is 0.340. The second kappa shape index (κ2) is 10.8. The van der Waals surface area contributed by atoms with E-state index in [0.717, 1.165) is 36.5 Å². The zero-order valence-electron chi connectivity index (χ0n) is 13.3. The number of thioether (sulfide) groups is 2. The molecular weight excluding hydrogens is 340 g/mol. The number of hydrogen-bond acceptors (Lipinski definition) is 5. The molecule has 7 heteroatoms. The number of carbonyl (C=O) groups is 1. The Morgan fingerprint density at radius 3 is 2.64 bits per heavy atom. The van der Waals surface area contributed by atoms with E-state index in [0.29, 0.717) is 25.7 Å². The molecule has 0 aromatic heterocycles. The van der Waals surface area contributed by atoms with Crippen LogP contribution in [0.4, 0.5) is 0 Å². The Bertz CT molecular complexity index is 417. The van der Waals surface area contributed by atoms with Crippen molar-refractivity contribution in [2.45, 2.75) is 51.9 Å². The summed E-state index contributed by atoms with van der Waals surface area (Å²) in [6, 6.07) is 0. The number of rotatable bonds is 11. The Balaban J connectivity index is 2.47. The van der Waals surface area contributed by atoms with Gasteiger partial charge in [-0.05, 0) is 19.3 Å². The predicted molar refractivity (Wildman–Crippen MR) is 95.9 cm³/mol. The zero-order valence-corrected chi connectivity index (χ0v) is 15.7. The summed E-state index contributed by atoms with van der Waals surface area (Å²) in [7, 11) is -3.90. The van der Waals surface area contributed by atoms with Crippen LogP contribution in [0.5, 0.6) is 0 Å². The topological polar surface area (TPSA) is 71.4 Å². The number of carbonyl (C=O) groups excluding carboxylic acids is 1. The van der Waals surface area contributed by atoms with Gasteiger partial charge in [0.25, 0.3) is 10.1 Å². The van der Waals surface area contributed by atoms with Gasteiger partial charge in [-0.2, -0.15) is 8.42 Å². The summed E-state index contributed by atoms with van der Waals surface area (Å²) in [6.45, 7) is 2.12. The van der Waals surface area contributed by atoms with Crippen molar-refractivity contribution in [1.82, 2.24) is 0 Å². The van der Waals surface area contributed by atoms with Crippen molar-refractivity contribution in [3.8, 4) is 0 Å². The molecule has 1 saturated heterocycles. The SMILES string of the molecule is CCCCCC(=O)CC(CCCS(=O)(=O)O)[C+]1CSCCS1. The molecule has 1 rings (SSSR count). The van der Waals surface area contributed by atoms with Gasteiger partial charge in [0.2, 0.25) is 0 Å². The molecule has 1 N–H and O–H groups in total. The fraction of sp³-hybridized carbons (Fsp3) is 0.867. The smallest absolute Gasteiger partial charge is 0.264 e. The van der Waals surface area contributed by atoms with E-state index in [9.17, 15) is 13.2 Å². The van der Waals surface area contributed by atoms with Gasteiger partial charge in [0, 0.05) is 17.9 Å². The van der Waals surface area contributed by atoms with Crippen LogP contribution in [-0.2, 0) is 14.9 Å². The highest BCUT2D eigenvalue weighted by Gasteiger charge is 2.37. The third-order valence-electron chi connectivity index (χ3n) is 3.70. The number of ketones is 1. The van der Waals surface area contributed by atoms with E-state index in [1.165, 1.54) is 5.25 Å². The maximum Gasteiger partial charge on any atom is 0.264 e. The molecule has 0 aliphatic carbocycles. The van der Waals surface area contributed by atoms with Crippen LogP contribution >= 0.6 is 23.5 Å². The lowest BCUT2D eigenvalue weighted by Crippen LogP contribution is -2.21. The molecule has 0 spiro atoms. The summed E-state index contributed by atoms with van der Waals surface area (Å²) in [6.07, 6.45) is 5.38. The number of Topliss-reactive ketones (excluding diaryl/α,β-unsaturated/α-hetero) is 1. The average Bonchev–Trinajstić information content (AvgIpc) is 2.46. The van der Waals surface area contributed by atoms with Crippen LogP contribution < -0.4 is 0 Å². The Morgan fingerprint density at radius 1 is 1.27 bits per heavy atom. The normalized spacial score (nSPS) is 17.5. The van der Waals surface area contributed by atoms with Gasteiger partial charge >= 0.3 is 0 Å². The molecule has 0 aromatic carbocycles. The molecule has 0 bridgehead atoms. The molecule has 1 unspecified atom stereocenters. The van der Waals surface area contributed by atoms with Crippen LogP contribution in [0.3, 0.4) is 0 Å². The third-order valence-corrected chi connectivity index (χ3v) is 7.21. The van der Waals surface area contributed by atoms with Gasteiger partial charge in [-0.15, -0.1) is 11.8 Å². The van der Waals surface area contributed by atoms with Crippen molar-refractivity contribution in [3.63, 3.8) is 0 Å². The van der Waals surface area contributed by atoms with Crippen LogP contribution in [-0.4, -0.2) is 41.8 Å². The maximum atomic E-state index is 12.1. The molecule has 1 fully saturated rings. The van der Waals surface area contributed by atoms with Crippen LogP contribution in [0.15, 0.2) is 0 Å². The minimum atomic E-state index is -3.90. The lowest BCUT2D eigenvalue weighted by molar-refractivity contribution is -0.119. The molecule has 0 radical (unpaired) electrons. The minimum absolute atomic E-state index is 0.161. The van der Waals surface area contributed by atoms with Crippen molar-refractivity contribution >= 4 is 39.4 Å². The van der Waals surface area contributed by atoms with Crippen molar-refractivity contribution < 1.29 is 17.8 Å². The van der Waals surface area contributed by atoms with E-state index in [4.69, 9.17) is 4.55 Å². The summed E-state index contributed by atoms with van der Waals surface area (Å²) in [5, 5.41) is 1.33. The molecule has 128 valence electrons. The van der Waals surface area contributed by atoms with Crippen LogP contribution in [0, 0.1) is 11.2 Å². The van der Waals surface area contributed by atoms with Gasteiger partial charge in [-0.25, -0.2) is 0 Å². The molecule has 0 amide bonds. The van der Waals surface area contributed by atoms with Gasteiger partial charge in [0.1, 0.15) is 17.5 Å². The summed E-state index contributed by atoms with van der Waals surface area (Å²) >= 11 is 3.71. The van der Waals surface area contributed by atoms with Gasteiger partial charge in [-0.3, -0.25) is 9.35 Å². The van der Waals surface area contributed by atoms with Crippen molar-refractivity contribution in [2.24, 2.45) is 5.92 Å². The van der Waals surface area contributed by atoms with E-state index in [1.54, 1.807) is 0 Å². The first-order chi connectivity index (χ1) is 10.4. The van der Waals surface area contributed by atoms with Gasteiger partial charge in [0.05, 0.1) is 23.9 Å². The molecule has 1 heterocycles. The zero-order chi connectivity index (χ0) is 16.4. The van der Waals surface area contributed by atoms with Gasteiger partial charge in [-0.1, -0.05) is 19.8 Å². The highest BCUT2D eigenvalue weighted by atomic mass is 32.2. The largest absolute Gasteiger partial charge is 0.300 e. The molecule has 1 aliphatic rings. The molecule has 1 aliphatic heterocycles. The molecular formula is C15H27O4S3+.